The monoisotopic (exact) mass is 274 g/mol. The minimum Gasteiger partial charge on any atom is -0.506 e. The number of aromatic nitrogens is 1. The van der Waals surface area contributed by atoms with Gasteiger partial charge < -0.3 is 10.4 Å². The van der Waals surface area contributed by atoms with Crippen molar-refractivity contribution >= 4 is 29.0 Å². The predicted octanol–water partition coefficient (Wildman–Crippen LogP) is 3.12. The van der Waals surface area contributed by atoms with Gasteiger partial charge in [0.1, 0.15) is 5.75 Å². The average molecular weight is 274 g/mol. The molecule has 0 fully saturated rings. The fourth-order valence-electron chi connectivity index (χ4n) is 1.54. The van der Waals surface area contributed by atoms with Crippen molar-refractivity contribution in [2.24, 2.45) is 0 Å². The van der Waals surface area contributed by atoms with Crippen molar-refractivity contribution in [2.75, 3.05) is 5.32 Å². The third-order valence-electron chi connectivity index (χ3n) is 2.45. The number of aromatic hydroxyl groups is 1. The Balaban J connectivity index is 2.05. The predicted molar refractivity (Wildman–Crippen MR) is 77.4 cm³/mol. The summed E-state index contributed by atoms with van der Waals surface area (Å²) in [6.45, 7) is 3.80. The van der Waals surface area contributed by atoms with Gasteiger partial charge in [0.25, 0.3) is 0 Å². The number of carbonyl (C=O) groups is 1. The second-order valence-corrected chi connectivity index (χ2v) is 5.39. The van der Waals surface area contributed by atoms with Gasteiger partial charge in [-0.05, 0) is 37.6 Å². The van der Waals surface area contributed by atoms with E-state index in [0.29, 0.717) is 5.69 Å². The molecule has 0 spiro atoms. The Kier molecular flexibility index (Phi) is 3.97. The number of anilines is 1. The lowest BCUT2D eigenvalue weighted by Crippen LogP contribution is -2.07. The van der Waals surface area contributed by atoms with Gasteiger partial charge in [-0.25, -0.2) is 4.98 Å². The zero-order valence-corrected chi connectivity index (χ0v) is 11.5. The van der Waals surface area contributed by atoms with Gasteiger partial charge in [-0.15, -0.1) is 11.3 Å². The fraction of sp³-hybridized carbons (Fsp3) is 0.143. The summed E-state index contributed by atoms with van der Waals surface area (Å²) in [4.78, 5) is 16.7. The van der Waals surface area contributed by atoms with Crippen LogP contribution in [-0.4, -0.2) is 16.0 Å². The Morgan fingerprint density at radius 3 is 2.89 bits per heavy atom. The van der Waals surface area contributed by atoms with Crippen LogP contribution >= 0.6 is 11.3 Å². The quantitative estimate of drug-likeness (QED) is 0.667. The number of phenolic OH excluding ortho intramolecular Hbond substituents is 1. The highest BCUT2D eigenvalue weighted by atomic mass is 32.1. The largest absolute Gasteiger partial charge is 0.506 e. The van der Waals surface area contributed by atoms with E-state index in [4.69, 9.17) is 0 Å². The summed E-state index contributed by atoms with van der Waals surface area (Å²) in [6.07, 6.45) is 4.84. The van der Waals surface area contributed by atoms with Crippen molar-refractivity contribution in [1.29, 1.82) is 0 Å². The van der Waals surface area contributed by atoms with Crippen molar-refractivity contribution < 1.29 is 9.90 Å². The summed E-state index contributed by atoms with van der Waals surface area (Å²) in [7, 11) is 0. The zero-order chi connectivity index (χ0) is 13.8. The molecule has 1 heterocycles. The van der Waals surface area contributed by atoms with E-state index < -0.39 is 0 Å². The number of nitrogens with one attached hydrogen (secondary N) is 1. The van der Waals surface area contributed by atoms with Gasteiger partial charge in [-0.1, -0.05) is 6.07 Å². The van der Waals surface area contributed by atoms with Crippen LogP contribution in [0.3, 0.4) is 0 Å². The summed E-state index contributed by atoms with van der Waals surface area (Å²) in [5.74, 6) is -0.229. The maximum Gasteiger partial charge on any atom is 0.248 e. The molecule has 0 bridgehead atoms. The molecular weight excluding hydrogens is 260 g/mol. The molecule has 0 aliphatic rings. The van der Waals surface area contributed by atoms with E-state index >= 15 is 0 Å². The molecule has 2 aromatic rings. The minimum absolute atomic E-state index is 0.0565. The molecule has 98 valence electrons. The second-order valence-electron chi connectivity index (χ2n) is 4.12. The van der Waals surface area contributed by atoms with Crippen LogP contribution < -0.4 is 5.32 Å². The van der Waals surface area contributed by atoms with Gasteiger partial charge in [0.15, 0.2) is 0 Å². The summed E-state index contributed by atoms with van der Waals surface area (Å²) in [5, 5.41) is 13.2. The topological polar surface area (TPSA) is 62.2 Å². The van der Waals surface area contributed by atoms with Crippen LogP contribution in [0.4, 0.5) is 5.69 Å². The molecule has 4 nitrogen and oxygen atoms in total. The van der Waals surface area contributed by atoms with Crippen molar-refractivity contribution in [3.05, 3.63) is 45.9 Å². The van der Waals surface area contributed by atoms with Crippen LogP contribution in [0.15, 0.2) is 30.5 Å². The highest BCUT2D eigenvalue weighted by Crippen LogP contribution is 2.23. The van der Waals surface area contributed by atoms with Crippen LogP contribution in [0, 0.1) is 13.8 Å². The van der Waals surface area contributed by atoms with Crippen molar-refractivity contribution in [1.82, 2.24) is 4.98 Å². The Morgan fingerprint density at radius 1 is 1.42 bits per heavy atom. The van der Waals surface area contributed by atoms with Gasteiger partial charge in [0, 0.05) is 17.2 Å². The number of carbonyl (C=O) groups excluding carboxylic acids is 1. The van der Waals surface area contributed by atoms with Gasteiger partial charge in [0.05, 0.1) is 10.7 Å². The first kappa shape index (κ1) is 13.3. The maximum absolute atomic E-state index is 11.7. The van der Waals surface area contributed by atoms with Gasteiger partial charge in [0.2, 0.25) is 5.91 Å². The maximum atomic E-state index is 11.7. The molecule has 1 aromatic heterocycles. The highest BCUT2D eigenvalue weighted by Gasteiger charge is 2.04. The summed E-state index contributed by atoms with van der Waals surface area (Å²) >= 11 is 1.51. The number of phenols is 1. The molecule has 1 aromatic carbocycles. The molecule has 0 saturated heterocycles. The summed E-state index contributed by atoms with van der Waals surface area (Å²) in [6, 6.07) is 5.06. The van der Waals surface area contributed by atoms with Crippen LogP contribution in [-0.2, 0) is 4.79 Å². The number of benzene rings is 1. The van der Waals surface area contributed by atoms with Crippen molar-refractivity contribution in [2.45, 2.75) is 13.8 Å². The molecule has 0 atom stereocenters. The second kappa shape index (κ2) is 5.67. The van der Waals surface area contributed by atoms with Gasteiger partial charge >= 0.3 is 0 Å². The number of hydrogen-bond donors (Lipinski definition) is 2. The normalized spacial score (nSPS) is 10.8. The first-order valence-corrected chi connectivity index (χ1v) is 6.57. The zero-order valence-electron chi connectivity index (χ0n) is 10.7. The Bertz CT molecular complexity index is 632. The highest BCUT2D eigenvalue weighted by molar-refractivity contribution is 7.12. The first-order valence-electron chi connectivity index (χ1n) is 5.76. The van der Waals surface area contributed by atoms with E-state index in [-0.39, 0.29) is 11.7 Å². The average Bonchev–Trinajstić information content (AvgIpc) is 2.77. The lowest BCUT2D eigenvalue weighted by atomic mass is 10.2. The number of hydrogen-bond acceptors (Lipinski definition) is 4. The molecule has 5 heteroatoms. The van der Waals surface area contributed by atoms with E-state index in [1.54, 1.807) is 30.5 Å². The number of nitrogens with zero attached hydrogens (tertiary/aromatic N) is 1. The SMILES string of the molecule is Cc1ccc(O)c(NC(=O)C=Cc2cnc(C)s2)c1. The lowest BCUT2D eigenvalue weighted by Gasteiger charge is -2.05. The first-order chi connectivity index (χ1) is 9.04. The molecule has 0 radical (unpaired) electrons. The van der Waals surface area contributed by atoms with E-state index in [1.807, 2.05) is 13.8 Å². The molecule has 1 amide bonds. The van der Waals surface area contributed by atoms with Crippen molar-refractivity contribution in [3.63, 3.8) is 0 Å². The van der Waals surface area contributed by atoms with Crippen LogP contribution in [0.2, 0.25) is 0 Å². The molecule has 19 heavy (non-hydrogen) atoms. The summed E-state index contributed by atoms with van der Waals surface area (Å²) < 4.78 is 0. The van der Waals surface area contributed by atoms with E-state index in [9.17, 15) is 9.90 Å². The third kappa shape index (κ3) is 3.66. The molecule has 0 unspecified atom stereocenters. The summed E-state index contributed by atoms with van der Waals surface area (Å²) in [5.41, 5.74) is 1.38. The van der Waals surface area contributed by atoms with Crippen LogP contribution in [0.25, 0.3) is 6.08 Å². The molecule has 0 aliphatic heterocycles. The minimum atomic E-state index is -0.285. The molecule has 0 aliphatic carbocycles. The smallest absolute Gasteiger partial charge is 0.248 e. The molecule has 2 rings (SSSR count). The Labute approximate surface area is 115 Å². The van der Waals surface area contributed by atoms with E-state index in [2.05, 4.69) is 10.3 Å². The molecule has 2 N–H and O–H groups in total. The molecule has 0 saturated carbocycles. The Morgan fingerprint density at radius 2 is 2.21 bits per heavy atom. The fourth-order valence-corrected chi connectivity index (χ4v) is 2.23. The third-order valence-corrected chi connectivity index (χ3v) is 3.33. The van der Waals surface area contributed by atoms with Crippen LogP contribution in [0.1, 0.15) is 15.4 Å². The number of aryl methyl sites for hydroxylation is 2. The van der Waals surface area contributed by atoms with Crippen LogP contribution in [0.5, 0.6) is 5.75 Å². The van der Waals surface area contributed by atoms with Gasteiger partial charge in [-0.3, -0.25) is 4.79 Å². The Hall–Kier alpha value is -2.14. The van der Waals surface area contributed by atoms with E-state index in [0.717, 1.165) is 15.4 Å². The molecular formula is C14H14N2O2S. The number of amides is 1. The number of thiazole rings is 1. The lowest BCUT2D eigenvalue weighted by molar-refractivity contribution is -0.111. The van der Waals surface area contributed by atoms with E-state index in [1.165, 1.54) is 17.4 Å². The van der Waals surface area contributed by atoms with Crippen molar-refractivity contribution in [3.8, 4) is 5.75 Å². The number of rotatable bonds is 3. The standard InChI is InChI=1S/C14H14N2O2S/c1-9-3-5-13(17)12(7-9)16-14(18)6-4-11-8-15-10(2)19-11/h3-8,17H,1-2H3,(H,16,18). The van der Waals surface area contributed by atoms with Gasteiger partial charge in [-0.2, -0.15) is 0 Å².